The molecule has 1 aliphatic heterocycles. The van der Waals surface area contributed by atoms with Gasteiger partial charge < -0.3 is 10.1 Å². The maximum absolute atomic E-state index is 5.56. The van der Waals surface area contributed by atoms with Crippen LogP contribution < -0.4 is 10.1 Å². The molecule has 0 aromatic heterocycles. The third-order valence-electron chi connectivity index (χ3n) is 6.32. The van der Waals surface area contributed by atoms with Crippen LogP contribution in [0.4, 0.5) is 0 Å². The summed E-state index contributed by atoms with van der Waals surface area (Å²) >= 11 is 0. The number of hydrogen-bond acceptors (Lipinski definition) is 2. The highest BCUT2D eigenvalue weighted by Crippen LogP contribution is 2.53. The highest BCUT2D eigenvalue weighted by atomic mass is 16.5. The van der Waals surface area contributed by atoms with Gasteiger partial charge in [0.15, 0.2) is 0 Å². The molecule has 1 heterocycles. The lowest BCUT2D eigenvalue weighted by molar-refractivity contribution is 0.0836. The van der Waals surface area contributed by atoms with Gasteiger partial charge in [-0.2, -0.15) is 0 Å². The van der Waals surface area contributed by atoms with E-state index in [9.17, 15) is 0 Å². The minimum atomic E-state index is 0.336. The first-order valence-corrected chi connectivity index (χ1v) is 9.06. The fraction of sp³-hybridized carbons (Fsp3) is 0.700. The molecule has 0 spiro atoms. The van der Waals surface area contributed by atoms with Gasteiger partial charge in [0.2, 0.25) is 0 Å². The zero-order chi connectivity index (χ0) is 15.7. The monoisotopic (exact) mass is 301 g/mol. The van der Waals surface area contributed by atoms with Gasteiger partial charge in [0, 0.05) is 11.5 Å². The van der Waals surface area contributed by atoms with Crippen LogP contribution in [0.3, 0.4) is 0 Å². The Hall–Kier alpha value is -1.02. The Morgan fingerprint density at radius 2 is 2.18 bits per heavy atom. The summed E-state index contributed by atoms with van der Waals surface area (Å²) in [6.07, 6.45) is 6.37. The Balaban J connectivity index is 2.15. The Morgan fingerprint density at radius 3 is 2.86 bits per heavy atom. The molecule has 1 saturated heterocycles. The van der Waals surface area contributed by atoms with Crippen molar-refractivity contribution in [3.63, 3.8) is 0 Å². The second-order valence-corrected chi connectivity index (χ2v) is 7.37. The van der Waals surface area contributed by atoms with Crippen molar-refractivity contribution in [2.75, 3.05) is 13.7 Å². The van der Waals surface area contributed by atoms with Crippen LogP contribution in [0.25, 0.3) is 0 Å². The largest absolute Gasteiger partial charge is 0.497 e. The van der Waals surface area contributed by atoms with Crippen LogP contribution in [0.1, 0.15) is 57.6 Å². The lowest BCUT2D eigenvalue weighted by Gasteiger charge is -2.55. The second-order valence-electron chi connectivity index (χ2n) is 7.37. The van der Waals surface area contributed by atoms with Crippen LogP contribution >= 0.6 is 0 Å². The lowest BCUT2D eigenvalue weighted by atomic mass is 9.53. The second kappa shape index (κ2) is 6.23. The molecule has 1 aliphatic carbocycles. The predicted molar refractivity (Wildman–Crippen MR) is 92.6 cm³/mol. The molecule has 0 saturated carbocycles. The molecule has 2 bridgehead atoms. The molecule has 0 radical (unpaired) electrons. The molecule has 3 rings (SSSR count). The number of hydrogen-bond donors (Lipinski definition) is 1. The number of nitrogens with one attached hydrogen (secondary N) is 1. The topological polar surface area (TPSA) is 21.3 Å². The van der Waals surface area contributed by atoms with E-state index in [1.54, 1.807) is 18.2 Å². The normalized spacial score (nSPS) is 31.5. The van der Waals surface area contributed by atoms with Gasteiger partial charge in [-0.3, -0.25) is 0 Å². The molecule has 2 aliphatic rings. The van der Waals surface area contributed by atoms with Gasteiger partial charge in [-0.1, -0.05) is 39.7 Å². The van der Waals surface area contributed by atoms with Gasteiger partial charge in [-0.15, -0.1) is 0 Å². The van der Waals surface area contributed by atoms with Crippen molar-refractivity contribution in [2.24, 2.45) is 11.8 Å². The third kappa shape index (κ3) is 2.36. The van der Waals surface area contributed by atoms with Crippen LogP contribution in [-0.2, 0) is 11.8 Å². The first kappa shape index (κ1) is 15.9. The van der Waals surface area contributed by atoms with Crippen molar-refractivity contribution in [1.29, 1.82) is 0 Å². The maximum Gasteiger partial charge on any atom is 0.119 e. The van der Waals surface area contributed by atoms with Crippen molar-refractivity contribution < 1.29 is 4.74 Å². The van der Waals surface area contributed by atoms with E-state index in [4.69, 9.17) is 4.74 Å². The van der Waals surface area contributed by atoms with Gasteiger partial charge in [0.05, 0.1) is 7.11 Å². The number of fused-ring (bicyclic) bond motifs is 4. The summed E-state index contributed by atoms with van der Waals surface area (Å²) in [5, 5.41) is 3.78. The number of piperidine rings is 1. The molecule has 2 heteroatoms. The van der Waals surface area contributed by atoms with Gasteiger partial charge >= 0.3 is 0 Å². The van der Waals surface area contributed by atoms with Crippen LogP contribution in [0, 0.1) is 11.8 Å². The lowest BCUT2D eigenvalue weighted by Crippen LogP contribution is -2.58. The zero-order valence-electron chi connectivity index (χ0n) is 14.6. The van der Waals surface area contributed by atoms with E-state index in [1.165, 1.54) is 32.1 Å². The Bertz CT molecular complexity index is 526. The van der Waals surface area contributed by atoms with Gasteiger partial charge in [0.25, 0.3) is 0 Å². The van der Waals surface area contributed by atoms with Crippen molar-refractivity contribution in [3.8, 4) is 5.75 Å². The summed E-state index contributed by atoms with van der Waals surface area (Å²) in [6.45, 7) is 8.32. The Morgan fingerprint density at radius 1 is 1.36 bits per heavy atom. The maximum atomic E-state index is 5.56. The van der Waals surface area contributed by atoms with E-state index in [2.05, 4.69) is 44.3 Å². The summed E-state index contributed by atoms with van der Waals surface area (Å²) in [4.78, 5) is 0. The third-order valence-corrected chi connectivity index (χ3v) is 6.32. The van der Waals surface area contributed by atoms with Crippen LogP contribution in [0.15, 0.2) is 18.2 Å². The highest BCUT2D eigenvalue weighted by molar-refractivity contribution is 5.45. The molecule has 22 heavy (non-hydrogen) atoms. The van der Waals surface area contributed by atoms with E-state index in [1.807, 2.05) is 0 Å². The quantitative estimate of drug-likeness (QED) is 0.875. The SMILES string of the molecule is CCCC(CC)[C@]12C[C@H](Cc3ccc(OC)cc31)NC[C@H]2C. The molecule has 1 aromatic rings. The van der Waals surface area contributed by atoms with Crippen molar-refractivity contribution >= 4 is 0 Å². The highest BCUT2D eigenvalue weighted by Gasteiger charge is 2.50. The fourth-order valence-corrected chi connectivity index (χ4v) is 5.25. The number of benzene rings is 1. The summed E-state index contributed by atoms with van der Waals surface area (Å²) in [5.74, 6) is 2.49. The standard InChI is InChI=1S/C20H31NO/c1-5-7-16(6-2)20-12-17(21-13-14(20)3)10-15-8-9-18(22-4)11-19(15)20/h8-9,11,14,16-17,21H,5-7,10,12-13H2,1-4H3/t14-,16?,17+,20-/m1/s1. The van der Waals surface area contributed by atoms with Crippen molar-refractivity contribution in [2.45, 2.75) is 64.3 Å². The van der Waals surface area contributed by atoms with E-state index < -0.39 is 0 Å². The van der Waals surface area contributed by atoms with Gasteiger partial charge in [0.1, 0.15) is 5.75 Å². The zero-order valence-corrected chi connectivity index (χ0v) is 14.6. The molecule has 1 unspecified atom stereocenters. The molecule has 1 fully saturated rings. The molecule has 2 nitrogen and oxygen atoms in total. The van der Waals surface area contributed by atoms with E-state index in [-0.39, 0.29) is 0 Å². The van der Waals surface area contributed by atoms with E-state index >= 15 is 0 Å². The molecular formula is C20H31NO. The average Bonchev–Trinajstić information content (AvgIpc) is 2.55. The first-order valence-electron chi connectivity index (χ1n) is 9.06. The van der Waals surface area contributed by atoms with Crippen LogP contribution in [0.2, 0.25) is 0 Å². The minimum absolute atomic E-state index is 0.336. The summed E-state index contributed by atoms with van der Waals surface area (Å²) in [5.41, 5.74) is 3.48. The predicted octanol–water partition coefficient (Wildman–Crippen LogP) is 4.31. The molecule has 1 N–H and O–H groups in total. The smallest absolute Gasteiger partial charge is 0.119 e. The number of methoxy groups -OCH3 is 1. The summed E-state index contributed by atoms with van der Waals surface area (Å²) in [6, 6.07) is 7.46. The molecule has 0 amide bonds. The number of rotatable bonds is 5. The van der Waals surface area contributed by atoms with Gasteiger partial charge in [-0.05, 0) is 60.9 Å². The number of ether oxygens (including phenoxy) is 1. The Kier molecular flexibility index (Phi) is 4.49. The average molecular weight is 301 g/mol. The molecule has 122 valence electrons. The summed E-state index contributed by atoms with van der Waals surface area (Å²) in [7, 11) is 1.79. The molecule has 4 atom stereocenters. The molecule has 1 aromatic carbocycles. The van der Waals surface area contributed by atoms with Crippen molar-refractivity contribution in [3.05, 3.63) is 29.3 Å². The van der Waals surface area contributed by atoms with Crippen LogP contribution in [0.5, 0.6) is 5.75 Å². The Labute approximate surface area is 135 Å². The van der Waals surface area contributed by atoms with Crippen LogP contribution in [-0.4, -0.2) is 19.7 Å². The van der Waals surface area contributed by atoms with E-state index in [0.29, 0.717) is 17.4 Å². The van der Waals surface area contributed by atoms with E-state index in [0.717, 1.165) is 18.2 Å². The summed E-state index contributed by atoms with van der Waals surface area (Å²) < 4.78 is 5.56. The minimum Gasteiger partial charge on any atom is -0.497 e. The fourth-order valence-electron chi connectivity index (χ4n) is 5.25. The molecular weight excluding hydrogens is 270 g/mol. The van der Waals surface area contributed by atoms with Gasteiger partial charge in [-0.25, -0.2) is 0 Å². The first-order chi connectivity index (χ1) is 10.7. The van der Waals surface area contributed by atoms with Crippen molar-refractivity contribution in [1.82, 2.24) is 5.32 Å².